The van der Waals surface area contributed by atoms with Crippen LogP contribution >= 0.6 is 0 Å². The van der Waals surface area contributed by atoms with Gasteiger partial charge >= 0.3 is 5.76 Å². The van der Waals surface area contributed by atoms with E-state index in [1.165, 1.54) is 31.5 Å². The molecule has 8 nitrogen and oxygen atoms in total. The smallest absolute Gasteiger partial charge is 0.341 e. The highest BCUT2D eigenvalue weighted by atomic mass is 32.2. The summed E-state index contributed by atoms with van der Waals surface area (Å²) in [6, 6.07) is 10.7. The Balaban J connectivity index is 1.53. The summed E-state index contributed by atoms with van der Waals surface area (Å²) < 4.78 is 67.7. The second-order valence-electron chi connectivity index (χ2n) is 7.30. The Morgan fingerprint density at radius 1 is 1.09 bits per heavy atom. The summed E-state index contributed by atoms with van der Waals surface area (Å²) in [5.74, 6) is -5.02. The van der Waals surface area contributed by atoms with E-state index in [-0.39, 0.29) is 18.0 Å². The molecule has 0 fully saturated rings. The SMILES string of the molecule is COc1ncc(-c2ccc3cnc(CNC(=O)c4cccc(S(=O)(=O)C(F)F)c4)cc3n2)cc1F. The first-order valence-corrected chi connectivity index (χ1v) is 11.6. The van der Waals surface area contributed by atoms with Crippen LogP contribution in [-0.2, 0) is 16.4 Å². The number of halogens is 3. The molecule has 0 bridgehead atoms. The van der Waals surface area contributed by atoms with Gasteiger partial charge in [-0.1, -0.05) is 6.07 Å². The first-order valence-electron chi connectivity index (χ1n) is 10.0. The molecule has 35 heavy (non-hydrogen) atoms. The Morgan fingerprint density at radius 3 is 2.60 bits per heavy atom. The van der Waals surface area contributed by atoms with Crippen LogP contribution in [0.5, 0.6) is 5.88 Å². The van der Waals surface area contributed by atoms with Crippen molar-refractivity contribution in [1.82, 2.24) is 20.3 Å². The van der Waals surface area contributed by atoms with Crippen molar-refractivity contribution < 1.29 is 31.1 Å². The summed E-state index contributed by atoms with van der Waals surface area (Å²) in [7, 11) is -3.51. The number of hydrogen-bond acceptors (Lipinski definition) is 7. The number of fused-ring (bicyclic) bond motifs is 1. The molecule has 4 aromatic rings. The maximum atomic E-state index is 14.0. The van der Waals surface area contributed by atoms with E-state index in [9.17, 15) is 26.4 Å². The predicted octanol–water partition coefficient (Wildman–Crippen LogP) is 3.77. The third kappa shape index (κ3) is 5.06. The molecule has 0 saturated heterocycles. The van der Waals surface area contributed by atoms with Crippen LogP contribution in [-0.4, -0.2) is 42.1 Å². The molecule has 4 rings (SSSR count). The highest BCUT2D eigenvalue weighted by molar-refractivity contribution is 7.91. The molecule has 3 aromatic heterocycles. The molecule has 0 aliphatic heterocycles. The number of pyridine rings is 3. The van der Waals surface area contributed by atoms with Crippen LogP contribution < -0.4 is 10.1 Å². The van der Waals surface area contributed by atoms with Crippen molar-refractivity contribution >= 4 is 26.6 Å². The molecule has 0 aliphatic rings. The molecule has 1 aromatic carbocycles. The molecule has 12 heteroatoms. The maximum absolute atomic E-state index is 14.0. The van der Waals surface area contributed by atoms with Crippen molar-refractivity contribution in [2.24, 2.45) is 0 Å². The van der Waals surface area contributed by atoms with Crippen molar-refractivity contribution in [3.05, 3.63) is 78.0 Å². The van der Waals surface area contributed by atoms with Crippen LogP contribution in [0.4, 0.5) is 13.2 Å². The number of aromatic nitrogens is 3. The van der Waals surface area contributed by atoms with E-state index in [2.05, 4.69) is 20.3 Å². The largest absolute Gasteiger partial charge is 0.479 e. The molecule has 0 radical (unpaired) electrons. The van der Waals surface area contributed by atoms with Crippen molar-refractivity contribution in [1.29, 1.82) is 0 Å². The van der Waals surface area contributed by atoms with Crippen LogP contribution in [0.3, 0.4) is 0 Å². The maximum Gasteiger partial charge on any atom is 0.341 e. The summed E-state index contributed by atoms with van der Waals surface area (Å²) >= 11 is 0. The van der Waals surface area contributed by atoms with E-state index in [1.54, 1.807) is 24.4 Å². The monoisotopic (exact) mass is 502 g/mol. The van der Waals surface area contributed by atoms with Gasteiger partial charge in [0.25, 0.3) is 5.91 Å². The van der Waals surface area contributed by atoms with E-state index in [4.69, 9.17) is 4.74 Å². The average Bonchev–Trinajstić information content (AvgIpc) is 2.86. The third-order valence-electron chi connectivity index (χ3n) is 5.02. The first-order chi connectivity index (χ1) is 16.7. The molecular weight excluding hydrogens is 485 g/mol. The van der Waals surface area contributed by atoms with Gasteiger partial charge in [0.2, 0.25) is 15.7 Å². The number of carbonyl (C=O) groups is 1. The van der Waals surface area contributed by atoms with Gasteiger partial charge in [-0.2, -0.15) is 8.78 Å². The Labute approximate surface area is 197 Å². The van der Waals surface area contributed by atoms with Crippen LogP contribution in [0, 0.1) is 5.82 Å². The lowest BCUT2D eigenvalue weighted by atomic mass is 10.1. The number of methoxy groups -OCH3 is 1. The van der Waals surface area contributed by atoms with E-state index in [0.717, 1.165) is 12.1 Å². The van der Waals surface area contributed by atoms with Crippen molar-refractivity contribution in [2.45, 2.75) is 17.2 Å². The molecule has 0 aliphatic carbocycles. The summed E-state index contributed by atoms with van der Waals surface area (Å²) in [4.78, 5) is 24.5. The standard InChI is InChI=1S/C23H17F3N4O4S/c1-34-22-18(24)8-15(11-29-22)19-6-5-14-10-27-16(9-20(14)30-19)12-28-21(31)13-3-2-4-17(7-13)35(32,33)23(25)26/h2-11,23H,12H2,1H3,(H,28,31). The molecular formula is C23H17F3N4O4S. The van der Waals surface area contributed by atoms with E-state index >= 15 is 0 Å². The quantitative estimate of drug-likeness (QED) is 0.410. The average molecular weight is 502 g/mol. The molecule has 0 spiro atoms. The lowest BCUT2D eigenvalue weighted by molar-refractivity contribution is 0.0950. The topological polar surface area (TPSA) is 111 Å². The summed E-state index contributed by atoms with van der Waals surface area (Å²) in [5, 5.41) is 3.27. The number of rotatable bonds is 7. The Hall–Kier alpha value is -4.06. The van der Waals surface area contributed by atoms with Crippen LogP contribution in [0.1, 0.15) is 16.1 Å². The Morgan fingerprint density at radius 2 is 1.89 bits per heavy atom. The number of nitrogens with zero attached hydrogens (tertiary/aromatic N) is 3. The normalized spacial score (nSPS) is 11.6. The minimum absolute atomic E-state index is 0.0365. The number of ether oxygens (including phenoxy) is 1. The predicted molar refractivity (Wildman–Crippen MR) is 120 cm³/mol. The lowest BCUT2D eigenvalue weighted by Gasteiger charge is -2.09. The van der Waals surface area contributed by atoms with Gasteiger partial charge in [0, 0.05) is 28.9 Å². The number of sulfone groups is 1. The fourth-order valence-corrected chi connectivity index (χ4v) is 3.99. The first kappa shape index (κ1) is 24.1. The van der Waals surface area contributed by atoms with Gasteiger partial charge in [-0.25, -0.2) is 22.8 Å². The van der Waals surface area contributed by atoms with Gasteiger partial charge in [-0.15, -0.1) is 0 Å². The fourth-order valence-electron chi connectivity index (χ4n) is 3.22. The minimum Gasteiger partial charge on any atom is -0.479 e. The molecule has 1 amide bonds. The van der Waals surface area contributed by atoms with E-state index in [0.29, 0.717) is 27.9 Å². The highest BCUT2D eigenvalue weighted by Crippen LogP contribution is 2.24. The van der Waals surface area contributed by atoms with E-state index in [1.807, 2.05) is 0 Å². The van der Waals surface area contributed by atoms with Crippen LogP contribution in [0.2, 0.25) is 0 Å². The van der Waals surface area contributed by atoms with Crippen molar-refractivity contribution in [3.63, 3.8) is 0 Å². The number of nitrogens with one attached hydrogen (secondary N) is 1. The third-order valence-corrected chi connectivity index (χ3v) is 6.40. The molecule has 0 saturated carbocycles. The minimum atomic E-state index is -4.83. The molecule has 0 atom stereocenters. The summed E-state index contributed by atoms with van der Waals surface area (Å²) in [5.41, 5.74) is 1.77. The number of carbonyl (C=O) groups excluding carboxylic acids is 1. The Bertz CT molecular complexity index is 1530. The number of benzene rings is 1. The van der Waals surface area contributed by atoms with Gasteiger partial charge in [0.15, 0.2) is 5.82 Å². The van der Waals surface area contributed by atoms with Gasteiger partial charge in [-0.3, -0.25) is 9.78 Å². The van der Waals surface area contributed by atoms with Gasteiger partial charge in [0.05, 0.1) is 35.5 Å². The van der Waals surface area contributed by atoms with Crippen molar-refractivity contribution in [2.75, 3.05) is 7.11 Å². The highest BCUT2D eigenvalue weighted by Gasteiger charge is 2.27. The lowest BCUT2D eigenvalue weighted by Crippen LogP contribution is -2.23. The van der Waals surface area contributed by atoms with Crippen LogP contribution in [0.15, 0.2) is 65.8 Å². The fraction of sp³-hybridized carbons (Fsp3) is 0.130. The van der Waals surface area contributed by atoms with E-state index < -0.39 is 32.2 Å². The second kappa shape index (κ2) is 9.66. The second-order valence-corrected chi connectivity index (χ2v) is 9.21. The number of hydrogen-bond donors (Lipinski definition) is 1. The van der Waals surface area contributed by atoms with Gasteiger partial charge < -0.3 is 10.1 Å². The Kier molecular flexibility index (Phi) is 6.65. The number of amides is 1. The zero-order valence-electron chi connectivity index (χ0n) is 18.1. The molecule has 0 unspecified atom stereocenters. The molecule has 3 heterocycles. The number of alkyl halides is 2. The summed E-state index contributed by atoms with van der Waals surface area (Å²) in [6.45, 7) is -0.0365. The van der Waals surface area contributed by atoms with Gasteiger partial charge in [0.1, 0.15) is 0 Å². The van der Waals surface area contributed by atoms with Gasteiger partial charge in [-0.05, 0) is 42.5 Å². The van der Waals surface area contributed by atoms with Crippen LogP contribution in [0.25, 0.3) is 22.2 Å². The van der Waals surface area contributed by atoms with Crippen molar-refractivity contribution in [3.8, 4) is 17.1 Å². The molecule has 1 N–H and O–H groups in total. The zero-order chi connectivity index (χ0) is 25.2. The summed E-state index contributed by atoms with van der Waals surface area (Å²) in [6.07, 6.45) is 2.98. The zero-order valence-corrected chi connectivity index (χ0v) is 18.9. The molecule has 180 valence electrons.